The summed E-state index contributed by atoms with van der Waals surface area (Å²) in [5.41, 5.74) is 8.63. The fourth-order valence-electron chi connectivity index (χ4n) is 2.30. The summed E-state index contributed by atoms with van der Waals surface area (Å²) in [6.45, 7) is 2.52. The summed E-state index contributed by atoms with van der Waals surface area (Å²) >= 11 is 0. The molecule has 0 saturated heterocycles. The minimum Gasteiger partial charge on any atom is -0.497 e. The molecule has 0 atom stereocenters. The molecule has 0 amide bonds. The number of methoxy groups -OCH3 is 1. The summed E-state index contributed by atoms with van der Waals surface area (Å²) in [5.74, 6) is 2.60. The van der Waals surface area contributed by atoms with Crippen molar-refractivity contribution in [1.29, 1.82) is 0 Å². The molecule has 128 valence electrons. The van der Waals surface area contributed by atoms with Gasteiger partial charge < -0.3 is 21.1 Å². The van der Waals surface area contributed by atoms with Crippen molar-refractivity contribution in [3.8, 4) is 5.75 Å². The van der Waals surface area contributed by atoms with Gasteiger partial charge in [-0.2, -0.15) is 0 Å². The fraction of sp³-hybridized carbons (Fsp3) is 0.167. The summed E-state index contributed by atoms with van der Waals surface area (Å²) in [6, 6.07) is 13.5. The van der Waals surface area contributed by atoms with Crippen LogP contribution in [0.3, 0.4) is 0 Å². The molecular formula is C18H20N6O. The Morgan fingerprint density at radius 3 is 2.52 bits per heavy atom. The molecule has 7 heteroatoms. The average Bonchev–Trinajstić information content (AvgIpc) is 2.63. The summed E-state index contributed by atoms with van der Waals surface area (Å²) in [6.07, 6.45) is 1.46. The number of hydrogen-bond acceptors (Lipinski definition) is 7. The van der Waals surface area contributed by atoms with Crippen LogP contribution in [0.25, 0.3) is 0 Å². The van der Waals surface area contributed by atoms with Gasteiger partial charge >= 0.3 is 0 Å². The van der Waals surface area contributed by atoms with Gasteiger partial charge in [-0.1, -0.05) is 18.2 Å². The first kappa shape index (κ1) is 16.5. The van der Waals surface area contributed by atoms with Gasteiger partial charge in [-0.3, -0.25) is 0 Å². The zero-order valence-electron chi connectivity index (χ0n) is 14.2. The zero-order chi connectivity index (χ0) is 17.6. The lowest BCUT2D eigenvalue weighted by Crippen LogP contribution is -2.08. The largest absolute Gasteiger partial charge is 0.497 e. The van der Waals surface area contributed by atoms with E-state index in [1.807, 2.05) is 49.4 Å². The second kappa shape index (κ2) is 7.48. The van der Waals surface area contributed by atoms with Crippen LogP contribution in [0.1, 0.15) is 11.3 Å². The molecule has 0 spiro atoms. The molecule has 2 aromatic heterocycles. The lowest BCUT2D eigenvalue weighted by molar-refractivity contribution is 0.414. The number of hydrogen-bond donors (Lipinski definition) is 3. The standard InChI is InChI=1S/C18H20N6O/c1-12-4-3-5-15(23-12)24-18-16(19)17(21-11-22-18)20-10-13-6-8-14(25-2)9-7-13/h3-9,11H,10,19H2,1-2H3,(H2,20,21,22,23,24). The van der Waals surface area contributed by atoms with Crippen molar-refractivity contribution < 1.29 is 4.74 Å². The van der Waals surface area contributed by atoms with Crippen LogP contribution in [0.15, 0.2) is 48.8 Å². The first-order chi connectivity index (χ1) is 12.2. The van der Waals surface area contributed by atoms with Crippen LogP contribution in [0.2, 0.25) is 0 Å². The number of aryl methyl sites for hydroxylation is 1. The van der Waals surface area contributed by atoms with Crippen molar-refractivity contribution in [1.82, 2.24) is 15.0 Å². The fourth-order valence-corrected chi connectivity index (χ4v) is 2.30. The molecule has 0 aliphatic carbocycles. The van der Waals surface area contributed by atoms with Gasteiger partial charge in [-0.15, -0.1) is 0 Å². The van der Waals surface area contributed by atoms with Crippen molar-refractivity contribution in [2.24, 2.45) is 0 Å². The van der Waals surface area contributed by atoms with E-state index in [1.165, 1.54) is 6.33 Å². The van der Waals surface area contributed by atoms with Crippen molar-refractivity contribution in [2.75, 3.05) is 23.5 Å². The van der Waals surface area contributed by atoms with E-state index in [2.05, 4.69) is 25.6 Å². The van der Waals surface area contributed by atoms with Crippen LogP contribution in [-0.2, 0) is 6.54 Å². The van der Waals surface area contributed by atoms with Gasteiger partial charge in [0.1, 0.15) is 23.6 Å². The summed E-state index contributed by atoms with van der Waals surface area (Å²) in [4.78, 5) is 12.8. The lowest BCUT2D eigenvalue weighted by atomic mass is 10.2. The Bertz CT molecular complexity index is 850. The highest BCUT2D eigenvalue weighted by molar-refractivity contribution is 5.76. The van der Waals surface area contributed by atoms with Crippen molar-refractivity contribution in [3.63, 3.8) is 0 Å². The topological polar surface area (TPSA) is 98.0 Å². The molecule has 25 heavy (non-hydrogen) atoms. The van der Waals surface area contributed by atoms with Gasteiger partial charge in [0, 0.05) is 12.2 Å². The molecule has 4 N–H and O–H groups in total. The Hall–Kier alpha value is -3.35. The Labute approximate surface area is 146 Å². The SMILES string of the molecule is COc1ccc(CNc2ncnc(Nc3cccc(C)n3)c2N)cc1. The number of aromatic nitrogens is 3. The minimum atomic E-state index is 0.444. The lowest BCUT2D eigenvalue weighted by Gasteiger charge is -2.12. The smallest absolute Gasteiger partial charge is 0.160 e. The van der Waals surface area contributed by atoms with Gasteiger partial charge in [0.25, 0.3) is 0 Å². The molecule has 0 bridgehead atoms. The number of pyridine rings is 1. The van der Waals surface area contributed by atoms with Gasteiger partial charge in [0.2, 0.25) is 0 Å². The normalized spacial score (nSPS) is 10.3. The van der Waals surface area contributed by atoms with Crippen molar-refractivity contribution >= 4 is 23.1 Å². The number of nitrogens with two attached hydrogens (primary N) is 1. The number of ether oxygens (including phenoxy) is 1. The number of nitrogens with one attached hydrogen (secondary N) is 2. The number of anilines is 4. The molecule has 3 rings (SSSR count). The second-order valence-electron chi connectivity index (χ2n) is 5.48. The number of nitrogens with zero attached hydrogens (tertiary/aromatic N) is 3. The highest BCUT2D eigenvalue weighted by atomic mass is 16.5. The van der Waals surface area contributed by atoms with Crippen LogP contribution in [0, 0.1) is 6.92 Å². The van der Waals surface area contributed by atoms with E-state index in [0.717, 1.165) is 17.0 Å². The third-order valence-electron chi connectivity index (χ3n) is 3.64. The highest BCUT2D eigenvalue weighted by Crippen LogP contribution is 2.25. The number of rotatable bonds is 6. The maximum atomic E-state index is 6.18. The maximum absolute atomic E-state index is 6.18. The summed E-state index contributed by atoms with van der Waals surface area (Å²) in [5, 5.41) is 6.35. The van der Waals surface area contributed by atoms with E-state index < -0.39 is 0 Å². The van der Waals surface area contributed by atoms with Gasteiger partial charge in [-0.05, 0) is 36.8 Å². The first-order valence-electron chi connectivity index (χ1n) is 7.83. The molecule has 0 aliphatic rings. The average molecular weight is 336 g/mol. The number of benzene rings is 1. The van der Waals surface area contributed by atoms with Gasteiger partial charge in [-0.25, -0.2) is 15.0 Å². The predicted octanol–water partition coefficient (Wildman–Crippen LogP) is 3.13. The van der Waals surface area contributed by atoms with E-state index >= 15 is 0 Å². The molecule has 0 aliphatic heterocycles. The van der Waals surface area contributed by atoms with Gasteiger partial charge in [0.15, 0.2) is 11.6 Å². The van der Waals surface area contributed by atoms with E-state index in [0.29, 0.717) is 29.7 Å². The molecule has 7 nitrogen and oxygen atoms in total. The molecule has 0 fully saturated rings. The third-order valence-corrected chi connectivity index (χ3v) is 3.64. The summed E-state index contributed by atoms with van der Waals surface area (Å²) < 4.78 is 5.16. The van der Waals surface area contributed by atoms with Gasteiger partial charge in [0.05, 0.1) is 7.11 Å². The number of nitrogen functional groups attached to an aromatic ring is 1. The predicted molar refractivity (Wildman–Crippen MR) is 99.0 cm³/mol. The van der Waals surface area contributed by atoms with Crippen LogP contribution in [-0.4, -0.2) is 22.1 Å². The molecule has 3 aromatic rings. The Morgan fingerprint density at radius 2 is 1.80 bits per heavy atom. The molecule has 0 radical (unpaired) electrons. The monoisotopic (exact) mass is 336 g/mol. The first-order valence-corrected chi connectivity index (χ1v) is 7.83. The Kier molecular flexibility index (Phi) is 4.94. The quantitative estimate of drug-likeness (QED) is 0.636. The van der Waals surface area contributed by atoms with Crippen LogP contribution < -0.4 is 21.1 Å². The summed E-state index contributed by atoms with van der Waals surface area (Å²) in [7, 11) is 1.65. The van der Waals surface area contributed by atoms with E-state index in [-0.39, 0.29) is 0 Å². The van der Waals surface area contributed by atoms with E-state index in [1.54, 1.807) is 7.11 Å². The van der Waals surface area contributed by atoms with Crippen LogP contribution >= 0.6 is 0 Å². The molecule has 0 saturated carbocycles. The second-order valence-corrected chi connectivity index (χ2v) is 5.48. The van der Waals surface area contributed by atoms with Crippen LogP contribution in [0.5, 0.6) is 5.75 Å². The van der Waals surface area contributed by atoms with Crippen molar-refractivity contribution in [2.45, 2.75) is 13.5 Å². The van der Waals surface area contributed by atoms with E-state index in [4.69, 9.17) is 10.5 Å². The van der Waals surface area contributed by atoms with Crippen molar-refractivity contribution in [3.05, 3.63) is 60.0 Å². The molecule has 2 heterocycles. The molecule has 0 unspecified atom stereocenters. The maximum Gasteiger partial charge on any atom is 0.160 e. The minimum absolute atomic E-state index is 0.444. The van der Waals surface area contributed by atoms with Crippen LogP contribution in [0.4, 0.5) is 23.1 Å². The Balaban J connectivity index is 1.71. The highest BCUT2D eigenvalue weighted by Gasteiger charge is 2.09. The zero-order valence-corrected chi connectivity index (χ0v) is 14.2. The van der Waals surface area contributed by atoms with E-state index in [9.17, 15) is 0 Å². The molecular weight excluding hydrogens is 316 g/mol. The third kappa shape index (κ3) is 4.14. The molecule has 1 aromatic carbocycles. The Morgan fingerprint density at radius 1 is 1.04 bits per heavy atom.